The summed E-state index contributed by atoms with van der Waals surface area (Å²) >= 11 is 3.31. The van der Waals surface area contributed by atoms with Crippen molar-refractivity contribution in [3.8, 4) is 0 Å². The van der Waals surface area contributed by atoms with Gasteiger partial charge in [-0.2, -0.15) is 0 Å². The number of ether oxygens (including phenoxy) is 1. The van der Waals surface area contributed by atoms with E-state index >= 15 is 0 Å². The Bertz CT molecular complexity index is 1010. The summed E-state index contributed by atoms with van der Waals surface area (Å²) in [5, 5.41) is 0. The first-order valence-electron chi connectivity index (χ1n) is 7.22. The first-order chi connectivity index (χ1) is 11.8. The third-order valence-corrected chi connectivity index (χ3v) is 5.84. The fourth-order valence-electron chi connectivity index (χ4n) is 2.52. The lowest BCUT2D eigenvalue weighted by molar-refractivity contribution is 0.0903. The monoisotopic (exact) mass is 419 g/mol. The topological polar surface area (TPSA) is 72.5 Å². The number of nitrogens with one attached hydrogen (secondary N) is 1. The summed E-state index contributed by atoms with van der Waals surface area (Å²) in [7, 11) is -1.77. The maximum absolute atomic E-state index is 13.0. The normalized spacial score (nSPS) is 16.2. The van der Waals surface area contributed by atoms with E-state index in [0.29, 0.717) is 4.90 Å². The first kappa shape index (κ1) is 17.4. The third-order valence-electron chi connectivity index (χ3n) is 3.74. The van der Waals surface area contributed by atoms with Crippen LogP contribution in [0.3, 0.4) is 0 Å². The van der Waals surface area contributed by atoms with Gasteiger partial charge in [0.25, 0.3) is 0 Å². The van der Waals surface area contributed by atoms with Crippen LogP contribution in [0.5, 0.6) is 0 Å². The standard InChI is InChI=1S/C18H14BrNO4S/c1-24-18-15(16(21)13-5-3-4-6-14(13)17(18)22)20-25(2,23)12-9-7-11(19)8-10-12/h3-10H,2H2,1H3,(H,20,23). The van der Waals surface area contributed by atoms with E-state index in [9.17, 15) is 13.8 Å². The summed E-state index contributed by atoms with van der Waals surface area (Å²) in [6.07, 6.45) is 0. The smallest absolute Gasteiger partial charge is 0.230 e. The van der Waals surface area contributed by atoms with Crippen LogP contribution in [-0.2, 0) is 14.4 Å². The van der Waals surface area contributed by atoms with Gasteiger partial charge >= 0.3 is 0 Å². The molecule has 0 aromatic heterocycles. The number of carbonyl (C=O) groups excluding carboxylic acids is 2. The largest absolute Gasteiger partial charge is 0.491 e. The van der Waals surface area contributed by atoms with Crippen molar-refractivity contribution < 1.29 is 18.5 Å². The van der Waals surface area contributed by atoms with Crippen LogP contribution in [0.2, 0.25) is 0 Å². The van der Waals surface area contributed by atoms with Gasteiger partial charge in [0, 0.05) is 20.5 Å². The average Bonchev–Trinajstić information content (AvgIpc) is 2.60. The van der Waals surface area contributed by atoms with E-state index in [1.807, 2.05) is 0 Å². The number of hydrogen-bond acceptors (Lipinski definition) is 4. The SMILES string of the molecule is C=S(=O)(NC1=C(OC)C(=O)c2ccccc2C1=O)c1ccc(Br)cc1. The van der Waals surface area contributed by atoms with Crippen molar-refractivity contribution in [1.29, 1.82) is 0 Å². The van der Waals surface area contributed by atoms with Gasteiger partial charge in [-0.15, -0.1) is 0 Å². The molecule has 25 heavy (non-hydrogen) atoms. The van der Waals surface area contributed by atoms with E-state index in [4.69, 9.17) is 4.74 Å². The van der Waals surface area contributed by atoms with Crippen molar-refractivity contribution in [2.45, 2.75) is 4.90 Å². The minimum Gasteiger partial charge on any atom is -0.491 e. The molecule has 2 aromatic rings. The summed E-state index contributed by atoms with van der Waals surface area (Å²) < 4.78 is 21.6. The van der Waals surface area contributed by atoms with Crippen LogP contribution in [0.15, 0.2) is 69.4 Å². The Hall–Kier alpha value is -2.38. The molecule has 0 radical (unpaired) electrons. The zero-order valence-corrected chi connectivity index (χ0v) is 15.6. The molecule has 0 spiro atoms. The fourth-order valence-corrected chi connectivity index (χ4v) is 3.99. The van der Waals surface area contributed by atoms with E-state index in [1.165, 1.54) is 7.11 Å². The Morgan fingerprint density at radius 3 is 2.12 bits per heavy atom. The second-order valence-electron chi connectivity index (χ2n) is 5.34. The van der Waals surface area contributed by atoms with Gasteiger partial charge < -0.3 is 9.46 Å². The summed E-state index contributed by atoms with van der Waals surface area (Å²) in [6, 6.07) is 13.1. The molecule has 1 aliphatic carbocycles. The van der Waals surface area contributed by atoms with Crippen molar-refractivity contribution >= 4 is 43.1 Å². The van der Waals surface area contributed by atoms with Gasteiger partial charge in [0.1, 0.15) is 5.70 Å². The van der Waals surface area contributed by atoms with E-state index in [1.54, 1.807) is 48.5 Å². The molecule has 1 N–H and O–H groups in total. The molecule has 1 atom stereocenters. The van der Waals surface area contributed by atoms with Crippen molar-refractivity contribution in [3.63, 3.8) is 0 Å². The van der Waals surface area contributed by atoms with E-state index in [2.05, 4.69) is 26.5 Å². The van der Waals surface area contributed by atoms with Crippen LogP contribution in [0.4, 0.5) is 0 Å². The summed E-state index contributed by atoms with van der Waals surface area (Å²) in [5.41, 5.74) is 0.352. The molecular formula is C18H14BrNO4S. The van der Waals surface area contributed by atoms with Crippen molar-refractivity contribution in [2.24, 2.45) is 0 Å². The summed E-state index contributed by atoms with van der Waals surface area (Å²) in [5.74, 6) is 2.63. The number of methoxy groups -OCH3 is 1. The predicted octanol–water partition coefficient (Wildman–Crippen LogP) is 2.97. The average molecular weight is 420 g/mol. The molecule has 0 amide bonds. The van der Waals surface area contributed by atoms with Crippen LogP contribution in [0.1, 0.15) is 20.7 Å². The molecule has 3 rings (SSSR count). The van der Waals surface area contributed by atoms with Gasteiger partial charge in [-0.05, 0) is 30.1 Å². The predicted molar refractivity (Wildman–Crippen MR) is 99.9 cm³/mol. The summed E-state index contributed by atoms with van der Waals surface area (Å²) in [4.78, 5) is 25.8. The molecule has 0 aliphatic heterocycles. The highest BCUT2D eigenvalue weighted by Gasteiger charge is 2.34. The van der Waals surface area contributed by atoms with Crippen molar-refractivity contribution in [1.82, 2.24) is 4.72 Å². The minimum atomic E-state index is -3.06. The first-order valence-corrected chi connectivity index (χ1v) is 9.74. The maximum Gasteiger partial charge on any atom is 0.230 e. The molecule has 7 heteroatoms. The van der Waals surface area contributed by atoms with Gasteiger partial charge in [0.15, 0.2) is 5.76 Å². The number of Topliss-reactive ketones (excluding diaryl/α,β-unsaturated/α-hetero) is 2. The van der Waals surface area contributed by atoms with Crippen molar-refractivity contribution in [3.05, 3.63) is 75.6 Å². The maximum atomic E-state index is 13.0. The van der Waals surface area contributed by atoms with Gasteiger partial charge in [-0.1, -0.05) is 40.2 Å². The molecule has 0 fully saturated rings. The quantitative estimate of drug-likeness (QED) is 0.773. The number of hydrogen-bond donors (Lipinski definition) is 1. The molecule has 1 aliphatic rings. The number of halogens is 1. The van der Waals surface area contributed by atoms with Crippen LogP contribution in [-0.4, -0.2) is 28.8 Å². The molecular weight excluding hydrogens is 406 g/mol. The van der Waals surface area contributed by atoms with E-state index in [-0.39, 0.29) is 22.6 Å². The number of ketones is 2. The lowest BCUT2D eigenvalue weighted by Crippen LogP contribution is -2.34. The van der Waals surface area contributed by atoms with E-state index < -0.39 is 21.3 Å². The number of fused-ring (bicyclic) bond motifs is 1. The fraction of sp³-hybridized carbons (Fsp3) is 0.0556. The molecule has 0 saturated carbocycles. The van der Waals surface area contributed by atoms with Crippen LogP contribution < -0.4 is 4.72 Å². The molecule has 128 valence electrons. The zero-order chi connectivity index (χ0) is 18.2. The second-order valence-corrected chi connectivity index (χ2v) is 8.29. The van der Waals surface area contributed by atoms with Crippen molar-refractivity contribution in [2.75, 3.05) is 7.11 Å². The lowest BCUT2D eigenvalue weighted by atomic mass is 9.92. The Morgan fingerprint density at radius 1 is 1.00 bits per heavy atom. The van der Waals surface area contributed by atoms with Gasteiger partial charge in [0.05, 0.1) is 16.8 Å². The number of rotatable bonds is 4. The van der Waals surface area contributed by atoms with Gasteiger partial charge in [-0.25, -0.2) is 4.21 Å². The molecule has 2 aromatic carbocycles. The highest BCUT2D eigenvalue weighted by Crippen LogP contribution is 2.26. The van der Waals surface area contributed by atoms with Crippen LogP contribution in [0.25, 0.3) is 0 Å². The lowest BCUT2D eigenvalue weighted by Gasteiger charge is -2.22. The Balaban J connectivity index is 2.07. The third kappa shape index (κ3) is 3.12. The highest BCUT2D eigenvalue weighted by molar-refractivity contribution is 9.10. The molecule has 0 heterocycles. The molecule has 0 saturated heterocycles. The molecule has 0 bridgehead atoms. The highest BCUT2D eigenvalue weighted by atomic mass is 79.9. The molecule has 5 nitrogen and oxygen atoms in total. The summed E-state index contributed by atoms with van der Waals surface area (Å²) in [6.45, 7) is 0. The Labute approximate surface area is 154 Å². The van der Waals surface area contributed by atoms with Gasteiger partial charge in [0.2, 0.25) is 11.6 Å². The Morgan fingerprint density at radius 2 is 1.56 bits per heavy atom. The van der Waals surface area contributed by atoms with E-state index in [0.717, 1.165) is 4.47 Å². The van der Waals surface area contributed by atoms with Crippen LogP contribution in [0, 0.1) is 0 Å². The molecule has 1 unspecified atom stereocenters. The number of allylic oxidation sites excluding steroid dienone is 2. The number of benzene rings is 2. The Kier molecular flexibility index (Phi) is 4.53. The van der Waals surface area contributed by atoms with Gasteiger partial charge in [-0.3, -0.25) is 9.59 Å². The zero-order valence-electron chi connectivity index (χ0n) is 13.2. The number of carbonyl (C=O) groups is 2. The second kappa shape index (κ2) is 6.50. The minimum absolute atomic E-state index is 0.144. The van der Waals surface area contributed by atoms with Crippen LogP contribution >= 0.6 is 15.9 Å².